The van der Waals surface area contributed by atoms with E-state index in [1.165, 1.54) is 0 Å². The molecule has 1 atom stereocenters. The van der Waals surface area contributed by atoms with E-state index in [4.69, 9.17) is 4.74 Å². The molecule has 1 aliphatic heterocycles. The second kappa shape index (κ2) is 8.77. The molecule has 1 N–H and O–H groups in total. The van der Waals surface area contributed by atoms with Crippen LogP contribution in [0.4, 0.5) is 10.6 Å². The fraction of sp³-hybridized carbons (Fsp3) is 0.450. The van der Waals surface area contributed by atoms with Crippen molar-refractivity contribution >= 4 is 17.8 Å². The standard InChI is InChI=1S/C20H27N5O3/c1-4-15(2)25-18(8-9-21-25)22-20(27)24-11-10-23(19(26)14-24)13-16-6-5-7-17(12-16)28-3/h5-9,12,15H,4,10-11,13-14H2,1-3H3,(H,22,27)/t15-/m0/s1. The summed E-state index contributed by atoms with van der Waals surface area (Å²) in [6.07, 6.45) is 2.57. The zero-order valence-electron chi connectivity index (χ0n) is 16.6. The number of aromatic nitrogens is 2. The summed E-state index contributed by atoms with van der Waals surface area (Å²) >= 11 is 0. The number of methoxy groups -OCH3 is 1. The molecule has 1 aliphatic rings. The first-order valence-corrected chi connectivity index (χ1v) is 9.52. The number of rotatable bonds is 6. The van der Waals surface area contributed by atoms with E-state index < -0.39 is 0 Å². The molecular weight excluding hydrogens is 358 g/mol. The first-order chi connectivity index (χ1) is 13.5. The van der Waals surface area contributed by atoms with Gasteiger partial charge in [0.25, 0.3) is 0 Å². The molecule has 150 valence electrons. The Morgan fingerprint density at radius 3 is 2.86 bits per heavy atom. The molecule has 1 saturated heterocycles. The van der Waals surface area contributed by atoms with Crippen molar-refractivity contribution in [1.29, 1.82) is 0 Å². The number of piperazine rings is 1. The molecule has 3 amide bonds. The third-order valence-corrected chi connectivity index (χ3v) is 5.03. The van der Waals surface area contributed by atoms with Crippen LogP contribution in [0, 0.1) is 0 Å². The number of amides is 3. The number of ether oxygens (including phenoxy) is 1. The van der Waals surface area contributed by atoms with Crippen LogP contribution in [-0.2, 0) is 11.3 Å². The van der Waals surface area contributed by atoms with E-state index in [0.717, 1.165) is 17.7 Å². The molecule has 0 spiro atoms. The summed E-state index contributed by atoms with van der Waals surface area (Å²) < 4.78 is 7.02. The SMILES string of the molecule is CC[C@H](C)n1nccc1NC(=O)N1CCN(Cc2cccc(OC)c2)C(=O)C1. The third kappa shape index (κ3) is 4.44. The summed E-state index contributed by atoms with van der Waals surface area (Å²) in [7, 11) is 1.62. The van der Waals surface area contributed by atoms with Crippen molar-refractivity contribution in [3.05, 3.63) is 42.1 Å². The minimum Gasteiger partial charge on any atom is -0.497 e. The Bertz CT molecular complexity index is 835. The molecule has 0 bridgehead atoms. The molecule has 8 heteroatoms. The molecular formula is C20H27N5O3. The zero-order chi connectivity index (χ0) is 20.1. The van der Waals surface area contributed by atoms with Gasteiger partial charge in [-0.1, -0.05) is 19.1 Å². The predicted octanol–water partition coefficient (Wildman–Crippen LogP) is 2.74. The summed E-state index contributed by atoms with van der Waals surface area (Å²) in [6, 6.07) is 9.34. The largest absolute Gasteiger partial charge is 0.497 e. The Kier molecular flexibility index (Phi) is 6.18. The topological polar surface area (TPSA) is 79.7 Å². The van der Waals surface area contributed by atoms with E-state index in [9.17, 15) is 9.59 Å². The van der Waals surface area contributed by atoms with E-state index in [1.807, 2.05) is 31.2 Å². The maximum atomic E-state index is 12.6. The quantitative estimate of drug-likeness (QED) is 0.829. The number of benzene rings is 1. The summed E-state index contributed by atoms with van der Waals surface area (Å²) in [5.74, 6) is 1.34. The van der Waals surface area contributed by atoms with Gasteiger partial charge in [-0.25, -0.2) is 9.48 Å². The number of anilines is 1. The molecule has 28 heavy (non-hydrogen) atoms. The fourth-order valence-electron chi connectivity index (χ4n) is 3.17. The predicted molar refractivity (Wildman–Crippen MR) is 106 cm³/mol. The highest BCUT2D eigenvalue weighted by atomic mass is 16.5. The normalized spacial score (nSPS) is 15.5. The van der Waals surface area contributed by atoms with Gasteiger partial charge in [0.15, 0.2) is 0 Å². The Morgan fingerprint density at radius 2 is 2.14 bits per heavy atom. The highest BCUT2D eigenvalue weighted by Gasteiger charge is 2.27. The maximum absolute atomic E-state index is 12.6. The van der Waals surface area contributed by atoms with E-state index in [1.54, 1.807) is 33.9 Å². The smallest absolute Gasteiger partial charge is 0.323 e. The molecule has 1 fully saturated rings. The van der Waals surface area contributed by atoms with E-state index in [-0.39, 0.29) is 24.5 Å². The van der Waals surface area contributed by atoms with Crippen LogP contribution in [0.3, 0.4) is 0 Å². The Morgan fingerprint density at radius 1 is 1.32 bits per heavy atom. The lowest BCUT2D eigenvalue weighted by Gasteiger charge is -2.34. The van der Waals surface area contributed by atoms with Crippen molar-refractivity contribution in [3.63, 3.8) is 0 Å². The highest BCUT2D eigenvalue weighted by molar-refractivity contribution is 5.92. The summed E-state index contributed by atoms with van der Waals surface area (Å²) in [5, 5.41) is 7.15. The van der Waals surface area contributed by atoms with Gasteiger partial charge in [0.1, 0.15) is 18.1 Å². The van der Waals surface area contributed by atoms with Gasteiger partial charge in [-0.3, -0.25) is 10.1 Å². The summed E-state index contributed by atoms with van der Waals surface area (Å²) in [5.41, 5.74) is 1.00. The van der Waals surface area contributed by atoms with Crippen molar-refractivity contribution in [2.24, 2.45) is 0 Å². The molecule has 0 saturated carbocycles. The van der Waals surface area contributed by atoms with Crippen molar-refractivity contribution in [1.82, 2.24) is 19.6 Å². The average Bonchev–Trinajstić information content (AvgIpc) is 3.17. The van der Waals surface area contributed by atoms with E-state index in [0.29, 0.717) is 25.5 Å². The van der Waals surface area contributed by atoms with E-state index >= 15 is 0 Å². The van der Waals surface area contributed by atoms with Crippen molar-refractivity contribution in [2.75, 3.05) is 32.1 Å². The molecule has 1 aromatic carbocycles. The lowest BCUT2D eigenvalue weighted by molar-refractivity contribution is -0.135. The number of hydrogen-bond acceptors (Lipinski definition) is 4. The second-order valence-corrected chi connectivity index (χ2v) is 6.94. The van der Waals surface area contributed by atoms with Crippen LogP contribution in [0.1, 0.15) is 31.9 Å². The summed E-state index contributed by atoms with van der Waals surface area (Å²) in [4.78, 5) is 28.5. The van der Waals surface area contributed by atoms with Gasteiger partial charge in [0, 0.05) is 25.7 Å². The van der Waals surface area contributed by atoms with E-state index in [2.05, 4.69) is 17.3 Å². The first kappa shape index (κ1) is 19.7. The molecule has 0 radical (unpaired) electrons. The molecule has 8 nitrogen and oxygen atoms in total. The van der Waals surface area contributed by atoms with Crippen LogP contribution in [0.25, 0.3) is 0 Å². The van der Waals surface area contributed by atoms with Gasteiger partial charge in [0.2, 0.25) is 5.91 Å². The van der Waals surface area contributed by atoms with Gasteiger partial charge in [-0.05, 0) is 31.0 Å². The average molecular weight is 385 g/mol. The van der Waals surface area contributed by atoms with Crippen molar-refractivity contribution in [3.8, 4) is 5.75 Å². The van der Waals surface area contributed by atoms with Gasteiger partial charge >= 0.3 is 6.03 Å². The monoisotopic (exact) mass is 385 g/mol. The number of nitrogens with one attached hydrogen (secondary N) is 1. The Labute approximate surface area is 165 Å². The maximum Gasteiger partial charge on any atom is 0.323 e. The lowest BCUT2D eigenvalue weighted by atomic mass is 10.2. The van der Waals surface area contributed by atoms with Crippen LogP contribution < -0.4 is 10.1 Å². The minimum atomic E-state index is -0.278. The fourth-order valence-corrected chi connectivity index (χ4v) is 3.17. The third-order valence-electron chi connectivity index (χ3n) is 5.03. The number of carbonyl (C=O) groups excluding carboxylic acids is 2. The Balaban J connectivity index is 1.58. The minimum absolute atomic E-state index is 0.0628. The molecule has 0 unspecified atom stereocenters. The van der Waals surface area contributed by atoms with Gasteiger partial charge < -0.3 is 14.5 Å². The first-order valence-electron chi connectivity index (χ1n) is 9.52. The lowest BCUT2D eigenvalue weighted by Crippen LogP contribution is -2.53. The van der Waals surface area contributed by atoms with Crippen LogP contribution in [0.2, 0.25) is 0 Å². The van der Waals surface area contributed by atoms with Crippen molar-refractivity contribution in [2.45, 2.75) is 32.9 Å². The summed E-state index contributed by atoms with van der Waals surface area (Å²) in [6.45, 7) is 5.66. The zero-order valence-corrected chi connectivity index (χ0v) is 16.6. The van der Waals surface area contributed by atoms with Crippen LogP contribution in [0.15, 0.2) is 36.5 Å². The number of nitrogens with zero attached hydrogens (tertiary/aromatic N) is 4. The number of carbonyl (C=O) groups is 2. The molecule has 1 aromatic heterocycles. The number of urea groups is 1. The van der Waals surface area contributed by atoms with Crippen LogP contribution in [-0.4, -0.2) is 58.3 Å². The van der Waals surface area contributed by atoms with Gasteiger partial charge in [-0.15, -0.1) is 0 Å². The van der Waals surface area contributed by atoms with Gasteiger partial charge in [0.05, 0.1) is 19.3 Å². The van der Waals surface area contributed by atoms with Crippen molar-refractivity contribution < 1.29 is 14.3 Å². The van der Waals surface area contributed by atoms with Crippen LogP contribution in [0.5, 0.6) is 5.75 Å². The Hall–Kier alpha value is -3.03. The van der Waals surface area contributed by atoms with Crippen LogP contribution >= 0.6 is 0 Å². The second-order valence-electron chi connectivity index (χ2n) is 6.94. The molecule has 2 aromatic rings. The highest BCUT2D eigenvalue weighted by Crippen LogP contribution is 2.18. The van der Waals surface area contributed by atoms with Gasteiger partial charge in [-0.2, -0.15) is 5.10 Å². The molecule has 2 heterocycles. The number of hydrogen-bond donors (Lipinski definition) is 1. The molecule has 3 rings (SSSR count). The molecule has 0 aliphatic carbocycles.